The molecule has 5 heteroatoms. The Labute approximate surface area is 235 Å². The van der Waals surface area contributed by atoms with Gasteiger partial charge in [-0.15, -0.1) is 0 Å². The van der Waals surface area contributed by atoms with Gasteiger partial charge in [0.15, 0.2) is 0 Å². The van der Waals surface area contributed by atoms with Gasteiger partial charge in [0.25, 0.3) is 0 Å². The molecular formula is C35H34O5. The minimum absolute atomic E-state index is 0.266. The first-order valence-corrected chi connectivity index (χ1v) is 13.6. The molecule has 0 radical (unpaired) electrons. The van der Waals surface area contributed by atoms with Crippen molar-refractivity contribution in [3.8, 4) is 0 Å². The molecule has 0 bridgehead atoms. The Balaban J connectivity index is 1.49. The Hall–Kier alpha value is -3.87. The number of carbonyl (C=O) groups is 1. The molecule has 204 valence electrons. The predicted octanol–water partition coefficient (Wildman–Crippen LogP) is 6.02. The zero-order chi connectivity index (χ0) is 27.6. The summed E-state index contributed by atoms with van der Waals surface area (Å²) in [6.07, 6.45) is -0.527. The lowest BCUT2D eigenvalue weighted by atomic mass is 9.76. The summed E-state index contributed by atoms with van der Waals surface area (Å²) >= 11 is 0. The first kappa shape index (κ1) is 27.7. The minimum Gasteiger partial charge on any atom is -0.387 e. The fraction of sp³-hybridized carbons (Fsp3) is 0.229. The molecule has 1 aliphatic carbocycles. The molecule has 4 aromatic rings. The molecule has 4 aromatic carbocycles. The zero-order valence-electron chi connectivity index (χ0n) is 22.3. The van der Waals surface area contributed by atoms with Crippen LogP contribution >= 0.6 is 0 Å². The maximum atomic E-state index is 12.8. The van der Waals surface area contributed by atoms with Gasteiger partial charge >= 0.3 is 0 Å². The highest BCUT2D eigenvalue weighted by molar-refractivity contribution is 5.68. The second kappa shape index (κ2) is 14.0. The van der Waals surface area contributed by atoms with Gasteiger partial charge in [0.1, 0.15) is 30.7 Å². The molecule has 1 N–H and O–H groups in total. The number of aliphatic hydroxyl groups is 1. The highest BCUT2D eigenvalue weighted by Gasteiger charge is 2.49. The molecule has 5 nitrogen and oxygen atoms in total. The standard InChI is InChI=1S/C35H34O5/c36-22-31-30(21-26-13-5-1-6-14-26)33(38-23-27-15-7-2-8-16-27)32(37)35(40-25-29-19-11-4-12-20-29)34(31)39-24-28-17-9-3-10-18-28/h1-22,31-35,37H,23-25H2/b30-21+/t31-,32+,33?,34+,35+/m0/s1. The van der Waals surface area contributed by atoms with Crippen molar-refractivity contribution in [1.29, 1.82) is 0 Å². The van der Waals surface area contributed by atoms with Crippen molar-refractivity contribution < 1.29 is 24.1 Å². The van der Waals surface area contributed by atoms with Gasteiger partial charge in [-0.2, -0.15) is 0 Å². The number of aldehydes is 1. The average molecular weight is 535 g/mol. The van der Waals surface area contributed by atoms with E-state index >= 15 is 0 Å². The predicted molar refractivity (Wildman–Crippen MR) is 155 cm³/mol. The van der Waals surface area contributed by atoms with Gasteiger partial charge in [0.05, 0.1) is 25.7 Å². The fourth-order valence-corrected chi connectivity index (χ4v) is 5.10. The van der Waals surface area contributed by atoms with Crippen LogP contribution in [0.15, 0.2) is 127 Å². The smallest absolute Gasteiger partial charge is 0.129 e. The number of ether oxygens (including phenoxy) is 3. The summed E-state index contributed by atoms with van der Waals surface area (Å²) in [5.41, 5.74) is 4.49. The van der Waals surface area contributed by atoms with Crippen LogP contribution in [0.1, 0.15) is 22.3 Å². The summed E-state index contributed by atoms with van der Waals surface area (Å²) in [7, 11) is 0. The molecule has 1 saturated carbocycles. The van der Waals surface area contributed by atoms with Gasteiger partial charge in [-0.25, -0.2) is 0 Å². The molecule has 0 saturated heterocycles. The van der Waals surface area contributed by atoms with Crippen LogP contribution in [-0.2, 0) is 38.8 Å². The van der Waals surface area contributed by atoms with E-state index in [9.17, 15) is 9.90 Å². The average Bonchev–Trinajstić information content (AvgIpc) is 3.01. The van der Waals surface area contributed by atoms with Crippen molar-refractivity contribution in [1.82, 2.24) is 0 Å². The lowest BCUT2D eigenvalue weighted by Gasteiger charge is -2.44. The third-order valence-corrected chi connectivity index (χ3v) is 7.16. The van der Waals surface area contributed by atoms with E-state index < -0.39 is 30.3 Å². The molecule has 1 fully saturated rings. The molecule has 5 rings (SSSR count). The third-order valence-electron chi connectivity index (χ3n) is 7.16. The van der Waals surface area contributed by atoms with Gasteiger partial charge in [0.2, 0.25) is 0 Å². The van der Waals surface area contributed by atoms with Gasteiger partial charge < -0.3 is 24.1 Å². The Bertz CT molecular complexity index is 1340. The molecule has 0 amide bonds. The van der Waals surface area contributed by atoms with E-state index in [1.165, 1.54) is 0 Å². The number of hydrogen-bond donors (Lipinski definition) is 1. The van der Waals surface area contributed by atoms with Crippen molar-refractivity contribution in [3.63, 3.8) is 0 Å². The first-order chi connectivity index (χ1) is 19.7. The van der Waals surface area contributed by atoms with Crippen LogP contribution in [0.4, 0.5) is 0 Å². The van der Waals surface area contributed by atoms with Gasteiger partial charge in [-0.1, -0.05) is 127 Å². The maximum absolute atomic E-state index is 12.8. The van der Waals surface area contributed by atoms with E-state index in [1.54, 1.807) is 0 Å². The summed E-state index contributed by atoms with van der Waals surface area (Å²) in [4.78, 5) is 12.8. The minimum atomic E-state index is -1.07. The maximum Gasteiger partial charge on any atom is 0.129 e. The molecule has 0 aromatic heterocycles. The number of hydrogen-bond acceptors (Lipinski definition) is 5. The number of rotatable bonds is 11. The van der Waals surface area contributed by atoms with Gasteiger partial charge in [0, 0.05) is 0 Å². The SMILES string of the molecule is O=C[C@H]1/C(=C\c2ccccc2)C(OCc2ccccc2)[C@@H](O)[C@@H](OCc2ccccc2)[C@@H]1OCc1ccccc1. The van der Waals surface area contributed by atoms with Crippen LogP contribution in [0.25, 0.3) is 6.08 Å². The summed E-state index contributed by atoms with van der Waals surface area (Å²) in [5, 5.41) is 11.8. The van der Waals surface area contributed by atoms with Gasteiger partial charge in [-0.3, -0.25) is 0 Å². The third kappa shape index (κ3) is 7.00. The monoisotopic (exact) mass is 534 g/mol. The zero-order valence-corrected chi connectivity index (χ0v) is 22.3. The Morgan fingerprint density at radius 2 is 1.00 bits per heavy atom. The molecule has 5 atom stereocenters. The lowest BCUT2D eigenvalue weighted by molar-refractivity contribution is -0.191. The van der Waals surface area contributed by atoms with Crippen LogP contribution in [0, 0.1) is 5.92 Å². The summed E-state index contributed by atoms with van der Waals surface area (Å²) in [6.45, 7) is 0.825. The second-order valence-corrected chi connectivity index (χ2v) is 9.95. The first-order valence-electron chi connectivity index (χ1n) is 13.6. The van der Waals surface area contributed by atoms with E-state index in [1.807, 2.05) is 127 Å². The van der Waals surface area contributed by atoms with Crippen LogP contribution in [0.2, 0.25) is 0 Å². The van der Waals surface area contributed by atoms with Crippen LogP contribution < -0.4 is 0 Å². The van der Waals surface area contributed by atoms with Crippen LogP contribution in [0.5, 0.6) is 0 Å². The van der Waals surface area contributed by atoms with Crippen molar-refractivity contribution in [2.45, 2.75) is 44.2 Å². The Kier molecular flexibility index (Phi) is 9.67. The summed E-state index contributed by atoms with van der Waals surface area (Å²) in [6, 6.07) is 39.1. The molecule has 0 spiro atoms. The molecule has 0 aliphatic heterocycles. The Morgan fingerprint density at radius 1 is 0.575 bits per heavy atom. The largest absolute Gasteiger partial charge is 0.387 e. The lowest BCUT2D eigenvalue weighted by Crippen LogP contribution is -2.58. The highest BCUT2D eigenvalue weighted by Crippen LogP contribution is 2.37. The van der Waals surface area contributed by atoms with Crippen molar-refractivity contribution in [3.05, 3.63) is 149 Å². The molecular weight excluding hydrogens is 500 g/mol. The van der Waals surface area contributed by atoms with Crippen molar-refractivity contribution >= 4 is 12.4 Å². The molecule has 40 heavy (non-hydrogen) atoms. The van der Waals surface area contributed by atoms with Gasteiger partial charge in [-0.05, 0) is 27.8 Å². The summed E-state index contributed by atoms with van der Waals surface area (Å²) in [5.74, 6) is -0.686. The number of benzene rings is 4. The molecule has 1 unspecified atom stereocenters. The normalized spacial score (nSPS) is 23.6. The van der Waals surface area contributed by atoms with Crippen molar-refractivity contribution in [2.24, 2.45) is 5.92 Å². The van der Waals surface area contributed by atoms with Crippen LogP contribution in [-0.4, -0.2) is 35.8 Å². The fourth-order valence-electron chi connectivity index (χ4n) is 5.10. The topological polar surface area (TPSA) is 65.0 Å². The van der Waals surface area contributed by atoms with Crippen molar-refractivity contribution in [2.75, 3.05) is 0 Å². The second-order valence-electron chi connectivity index (χ2n) is 9.95. The summed E-state index contributed by atoms with van der Waals surface area (Å²) < 4.78 is 19.1. The van der Waals surface area contributed by atoms with E-state index in [-0.39, 0.29) is 19.8 Å². The molecule has 1 aliphatic rings. The van der Waals surface area contributed by atoms with E-state index in [4.69, 9.17) is 14.2 Å². The molecule has 0 heterocycles. The number of aliphatic hydroxyl groups excluding tert-OH is 1. The van der Waals surface area contributed by atoms with Crippen LogP contribution in [0.3, 0.4) is 0 Å². The van der Waals surface area contributed by atoms with E-state index in [0.29, 0.717) is 5.57 Å². The quantitative estimate of drug-likeness (QED) is 0.239. The van der Waals surface area contributed by atoms with E-state index in [0.717, 1.165) is 28.5 Å². The highest BCUT2D eigenvalue weighted by atomic mass is 16.6. The number of carbonyl (C=O) groups excluding carboxylic acids is 1. The van der Waals surface area contributed by atoms with E-state index in [2.05, 4.69) is 0 Å². The Morgan fingerprint density at radius 3 is 1.48 bits per heavy atom.